The third-order valence-electron chi connectivity index (χ3n) is 3.99. The molecule has 2 fully saturated rings. The summed E-state index contributed by atoms with van der Waals surface area (Å²) in [5.41, 5.74) is 0. The van der Waals surface area contributed by atoms with Crippen molar-refractivity contribution in [3.63, 3.8) is 0 Å². The van der Waals surface area contributed by atoms with Crippen LogP contribution in [0.4, 0.5) is 0 Å². The highest BCUT2D eigenvalue weighted by atomic mass is 32.2. The van der Waals surface area contributed by atoms with E-state index in [1.165, 1.54) is 12.8 Å². The second-order valence-electron chi connectivity index (χ2n) is 5.69. The number of hydrogen-bond donors (Lipinski definition) is 1. The molecule has 1 amide bonds. The van der Waals surface area contributed by atoms with Crippen molar-refractivity contribution in [1.82, 2.24) is 10.2 Å². The number of nitrogens with zero attached hydrogens (tertiary/aromatic N) is 1. The van der Waals surface area contributed by atoms with Crippen LogP contribution in [0.1, 0.15) is 32.1 Å². The van der Waals surface area contributed by atoms with Gasteiger partial charge in [-0.3, -0.25) is 4.79 Å². The molecule has 2 aliphatic heterocycles. The van der Waals surface area contributed by atoms with E-state index in [1.807, 2.05) is 4.90 Å². The Morgan fingerprint density at radius 2 is 1.84 bits per heavy atom. The van der Waals surface area contributed by atoms with Gasteiger partial charge in [-0.25, -0.2) is 8.42 Å². The van der Waals surface area contributed by atoms with Gasteiger partial charge in [0.15, 0.2) is 9.84 Å². The average molecular weight is 288 g/mol. The quantitative estimate of drug-likeness (QED) is 0.814. The molecular weight excluding hydrogens is 264 g/mol. The molecule has 0 saturated carbocycles. The third kappa shape index (κ3) is 4.76. The summed E-state index contributed by atoms with van der Waals surface area (Å²) < 4.78 is 22.6. The van der Waals surface area contributed by atoms with Gasteiger partial charge in [0.25, 0.3) is 0 Å². The van der Waals surface area contributed by atoms with Gasteiger partial charge in [-0.05, 0) is 31.7 Å². The van der Waals surface area contributed by atoms with Crippen LogP contribution in [0.25, 0.3) is 0 Å². The fourth-order valence-electron chi connectivity index (χ4n) is 2.85. The van der Waals surface area contributed by atoms with Crippen molar-refractivity contribution in [3.05, 3.63) is 0 Å². The Hall–Kier alpha value is -0.620. The van der Waals surface area contributed by atoms with Crippen molar-refractivity contribution in [2.24, 2.45) is 5.92 Å². The Morgan fingerprint density at radius 3 is 2.42 bits per heavy atom. The lowest BCUT2D eigenvalue weighted by Gasteiger charge is -2.21. The summed E-state index contributed by atoms with van der Waals surface area (Å²) in [7, 11) is -2.81. The Morgan fingerprint density at radius 1 is 1.16 bits per heavy atom. The van der Waals surface area contributed by atoms with E-state index >= 15 is 0 Å². The molecule has 2 heterocycles. The first-order valence-corrected chi connectivity index (χ1v) is 9.08. The molecule has 19 heavy (non-hydrogen) atoms. The number of likely N-dealkylation sites (tertiary alicyclic amines) is 1. The van der Waals surface area contributed by atoms with Crippen LogP contribution in [0.2, 0.25) is 0 Å². The fourth-order valence-corrected chi connectivity index (χ4v) is 4.71. The normalized spacial score (nSPS) is 27.2. The van der Waals surface area contributed by atoms with Gasteiger partial charge in [0.2, 0.25) is 5.91 Å². The molecule has 0 bridgehead atoms. The van der Waals surface area contributed by atoms with Crippen LogP contribution in [-0.4, -0.2) is 56.9 Å². The molecule has 1 N–H and O–H groups in total. The minimum absolute atomic E-state index is 0.155. The second kappa shape index (κ2) is 6.70. The molecule has 6 heteroatoms. The Balaban J connectivity index is 1.66. The lowest BCUT2D eigenvalue weighted by molar-refractivity contribution is -0.130. The predicted octanol–water partition coefficient (Wildman–Crippen LogP) is 0.413. The zero-order valence-corrected chi connectivity index (χ0v) is 12.3. The van der Waals surface area contributed by atoms with Gasteiger partial charge in [0, 0.05) is 13.1 Å². The van der Waals surface area contributed by atoms with Gasteiger partial charge >= 0.3 is 0 Å². The first kappa shape index (κ1) is 14.8. The molecule has 0 radical (unpaired) electrons. The van der Waals surface area contributed by atoms with Gasteiger partial charge < -0.3 is 10.2 Å². The maximum absolute atomic E-state index is 12.0. The summed E-state index contributed by atoms with van der Waals surface area (Å²) >= 11 is 0. The highest BCUT2D eigenvalue weighted by Crippen LogP contribution is 2.17. The van der Waals surface area contributed by atoms with Crippen LogP contribution >= 0.6 is 0 Å². The smallest absolute Gasteiger partial charge is 0.236 e. The molecule has 2 rings (SSSR count). The number of rotatable bonds is 4. The molecule has 2 saturated heterocycles. The largest absolute Gasteiger partial charge is 0.342 e. The van der Waals surface area contributed by atoms with E-state index in [0.29, 0.717) is 18.8 Å². The SMILES string of the molecule is O=C(CNCC1CCS(=O)(=O)C1)N1CCCCCC1. The van der Waals surface area contributed by atoms with E-state index in [-0.39, 0.29) is 17.6 Å². The minimum atomic E-state index is -2.81. The van der Waals surface area contributed by atoms with Crippen LogP contribution in [-0.2, 0) is 14.6 Å². The highest BCUT2D eigenvalue weighted by molar-refractivity contribution is 7.91. The monoisotopic (exact) mass is 288 g/mol. The lowest BCUT2D eigenvalue weighted by atomic mass is 10.1. The van der Waals surface area contributed by atoms with Crippen LogP contribution in [0.3, 0.4) is 0 Å². The van der Waals surface area contributed by atoms with E-state index in [2.05, 4.69) is 5.32 Å². The Bertz CT molecular complexity index is 400. The maximum atomic E-state index is 12.0. The summed E-state index contributed by atoms with van der Waals surface area (Å²) in [4.78, 5) is 13.9. The highest BCUT2D eigenvalue weighted by Gasteiger charge is 2.27. The van der Waals surface area contributed by atoms with E-state index in [1.54, 1.807) is 0 Å². The molecule has 1 unspecified atom stereocenters. The summed E-state index contributed by atoms with van der Waals surface area (Å²) in [5, 5.41) is 3.13. The molecular formula is C13H24N2O3S. The Kier molecular flexibility index (Phi) is 5.21. The second-order valence-corrected chi connectivity index (χ2v) is 7.92. The Labute approximate surface area is 115 Å². The molecule has 0 aliphatic carbocycles. The third-order valence-corrected chi connectivity index (χ3v) is 5.83. The van der Waals surface area contributed by atoms with E-state index in [9.17, 15) is 13.2 Å². The molecule has 5 nitrogen and oxygen atoms in total. The predicted molar refractivity (Wildman–Crippen MR) is 74.7 cm³/mol. The van der Waals surface area contributed by atoms with Crippen LogP contribution < -0.4 is 5.32 Å². The summed E-state index contributed by atoms with van der Waals surface area (Å²) in [5.74, 6) is 0.918. The van der Waals surface area contributed by atoms with Crippen molar-refractivity contribution in [2.45, 2.75) is 32.1 Å². The van der Waals surface area contributed by atoms with Crippen LogP contribution in [0, 0.1) is 5.92 Å². The summed E-state index contributed by atoms with van der Waals surface area (Å²) in [6.45, 7) is 2.73. The molecule has 0 aromatic carbocycles. The standard InChI is InChI=1S/C13H24N2O3S/c16-13(15-6-3-1-2-4-7-15)10-14-9-12-5-8-19(17,18)11-12/h12,14H,1-11H2. The van der Waals surface area contributed by atoms with Crippen molar-refractivity contribution in [2.75, 3.05) is 37.7 Å². The molecule has 0 aromatic heterocycles. The molecule has 0 spiro atoms. The average Bonchev–Trinajstić information content (AvgIpc) is 2.58. The van der Waals surface area contributed by atoms with Gasteiger partial charge in [-0.1, -0.05) is 12.8 Å². The number of nitrogens with one attached hydrogen (secondary N) is 1. The first-order valence-electron chi connectivity index (χ1n) is 7.26. The van der Waals surface area contributed by atoms with Gasteiger partial charge in [0.05, 0.1) is 18.1 Å². The number of carbonyl (C=O) groups is 1. The van der Waals surface area contributed by atoms with Crippen molar-refractivity contribution in [3.8, 4) is 0 Å². The number of carbonyl (C=O) groups excluding carboxylic acids is 1. The fraction of sp³-hybridized carbons (Fsp3) is 0.923. The maximum Gasteiger partial charge on any atom is 0.236 e. The van der Waals surface area contributed by atoms with Crippen molar-refractivity contribution in [1.29, 1.82) is 0 Å². The van der Waals surface area contributed by atoms with Crippen LogP contribution in [0.15, 0.2) is 0 Å². The summed E-state index contributed by atoms with van der Waals surface area (Å²) in [6, 6.07) is 0. The topological polar surface area (TPSA) is 66.5 Å². The van der Waals surface area contributed by atoms with E-state index in [0.717, 1.165) is 32.4 Å². The number of amides is 1. The van der Waals surface area contributed by atoms with Crippen LogP contribution in [0.5, 0.6) is 0 Å². The van der Waals surface area contributed by atoms with Gasteiger partial charge in [-0.15, -0.1) is 0 Å². The number of sulfone groups is 1. The van der Waals surface area contributed by atoms with E-state index in [4.69, 9.17) is 0 Å². The summed E-state index contributed by atoms with van der Waals surface area (Å²) in [6.07, 6.45) is 5.38. The minimum Gasteiger partial charge on any atom is -0.342 e. The van der Waals surface area contributed by atoms with Crippen molar-refractivity contribution < 1.29 is 13.2 Å². The molecule has 0 aromatic rings. The lowest BCUT2D eigenvalue weighted by Crippen LogP contribution is -2.40. The zero-order chi connectivity index (χ0) is 13.7. The zero-order valence-electron chi connectivity index (χ0n) is 11.4. The first-order chi connectivity index (χ1) is 9.07. The molecule has 110 valence electrons. The van der Waals surface area contributed by atoms with E-state index < -0.39 is 9.84 Å². The molecule has 2 aliphatic rings. The van der Waals surface area contributed by atoms with Gasteiger partial charge in [-0.2, -0.15) is 0 Å². The van der Waals surface area contributed by atoms with Crippen molar-refractivity contribution >= 4 is 15.7 Å². The molecule has 1 atom stereocenters. The number of hydrogen-bond acceptors (Lipinski definition) is 4. The van der Waals surface area contributed by atoms with Gasteiger partial charge in [0.1, 0.15) is 0 Å².